The molecule has 0 saturated heterocycles. The van der Waals surface area contributed by atoms with Crippen molar-refractivity contribution in [3.05, 3.63) is 53.3 Å². The first-order valence-corrected chi connectivity index (χ1v) is 6.78. The summed E-state index contributed by atoms with van der Waals surface area (Å²) in [7, 11) is 0. The number of benzene rings is 1. The molecule has 0 atom stereocenters. The van der Waals surface area contributed by atoms with Crippen molar-refractivity contribution in [2.45, 2.75) is 26.4 Å². The summed E-state index contributed by atoms with van der Waals surface area (Å²) in [6.07, 6.45) is 1.99. The van der Waals surface area contributed by atoms with Gasteiger partial charge in [0.2, 0.25) is 11.8 Å². The largest absolute Gasteiger partial charge is 0.332 e. The number of rotatable bonds is 3. The summed E-state index contributed by atoms with van der Waals surface area (Å²) >= 11 is 0. The Labute approximate surface area is 122 Å². The van der Waals surface area contributed by atoms with Crippen LogP contribution in [0.2, 0.25) is 0 Å². The predicted octanol–water partition coefficient (Wildman–Crippen LogP) is 1.06. The van der Waals surface area contributed by atoms with Crippen molar-refractivity contribution >= 4 is 11.8 Å². The third-order valence-corrected chi connectivity index (χ3v) is 3.54. The maximum absolute atomic E-state index is 12.0. The molecule has 2 heterocycles. The van der Waals surface area contributed by atoms with Gasteiger partial charge in [0.25, 0.3) is 0 Å². The second-order valence-corrected chi connectivity index (χ2v) is 5.10. The average Bonchev–Trinajstić information content (AvgIpc) is 3.02. The Morgan fingerprint density at radius 3 is 2.71 bits per heavy atom. The van der Waals surface area contributed by atoms with E-state index in [4.69, 9.17) is 0 Å². The van der Waals surface area contributed by atoms with E-state index in [1.807, 2.05) is 30.3 Å². The van der Waals surface area contributed by atoms with Gasteiger partial charge in [-0.05, 0) is 5.56 Å². The van der Waals surface area contributed by atoms with Gasteiger partial charge in [-0.15, -0.1) is 0 Å². The van der Waals surface area contributed by atoms with E-state index in [2.05, 4.69) is 10.5 Å². The van der Waals surface area contributed by atoms with Crippen LogP contribution in [0.25, 0.3) is 0 Å². The number of fused-ring (bicyclic) bond motifs is 1. The summed E-state index contributed by atoms with van der Waals surface area (Å²) in [6, 6.07) is 9.53. The number of nitrogens with zero attached hydrogens (tertiary/aromatic N) is 3. The topological polar surface area (TPSA) is 67.2 Å². The quantitative estimate of drug-likeness (QED) is 0.916. The Bertz CT molecular complexity index is 678. The van der Waals surface area contributed by atoms with Gasteiger partial charge in [0, 0.05) is 19.0 Å². The zero-order valence-corrected chi connectivity index (χ0v) is 11.7. The van der Waals surface area contributed by atoms with E-state index in [1.54, 1.807) is 11.1 Å². The number of nitrogens with one attached hydrogen (secondary N) is 1. The van der Waals surface area contributed by atoms with Crippen molar-refractivity contribution in [1.82, 2.24) is 14.8 Å². The number of hydrogen-bond acceptors (Lipinski definition) is 3. The molecular weight excluding hydrogens is 268 g/mol. The van der Waals surface area contributed by atoms with Gasteiger partial charge in [-0.1, -0.05) is 30.3 Å². The average molecular weight is 284 g/mol. The van der Waals surface area contributed by atoms with Crippen LogP contribution in [0, 0.1) is 0 Å². The van der Waals surface area contributed by atoms with Gasteiger partial charge < -0.3 is 4.90 Å². The van der Waals surface area contributed by atoms with Crippen LogP contribution in [0.1, 0.15) is 23.7 Å². The SMILES string of the molecule is CC(=O)N1Cc2cnn(NC(=O)Cc3ccccc3)c2C1. The predicted molar refractivity (Wildman–Crippen MR) is 76.7 cm³/mol. The number of carbonyl (C=O) groups is 2. The smallest absolute Gasteiger partial charge is 0.244 e. The zero-order valence-electron chi connectivity index (χ0n) is 11.7. The van der Waals surface area contributed by atoms with E-state index < -0.39 is 0 Å². The van der Waals surface area contributed by atoms with Crippen LogP contribution in [0.3, 0.4) is 0 Å². The summed E-state index contributed by atoms with van der Waals surface area (Å²) in [5.41, 5.74) is 5.55. The normalized spacial score (nSPS) is 13.1. The van der Waals surface area contributed by atoms with Gasteiger partial charge in [0.05, 0.1) is 24.9 Å². The lowest BCUT2D eigenvalue weighted by Crippen LogP contribution is -2.29. The van der Waals surface area contributed by atoms with Crippen molar-refractivity contribution < 1.29 is 9.59 Å². The second-order valence-electron chi connectivity index (χ2n) is 5.10. The highest BCUT2D eigenvalue weighted by molar-refractivity contribution is 5.85. The molecule has 108 valence electrons. The molecule has 2 amide bonds. The summed E-state index contributed by atoms with van der Waals surface area (Å²) in [5, 5.41) is 4.16. The Balaban J connectivity index is 1.67. The van der Waals surface area contributed by atoms with E-state index >= 15 is 0 Å². The Kier molecular flexibility index (Phi) is 3.43. The minimum Gasteiger partial charge on any atom is -0.332 e. The Hall–Kier alpha value is -2.63. The van der Waals surface area contributed by atoms with Crippen molar-refractivity contribution in [1.29, 1.82) is 0 Å². The van der Waals surface area contributed by atoms with E-state index in [1.165, 1.54) is 11.7 Å². The fraction of sp³-hybridized carbons (Fsp3) is 0.267. The van der Waals surface area contributed by atoms with Crippen LogP contribution in [0.5, 0.6) is 0 Å². The molecule has 0 unspecified atom stereocenters. The highest BCUT2D eigenvalue weighted by atomic mass is 16.2. The number of aromatic nitrogens is 2. The standard InChI is InChI=1S/C15H16N4O2/c1-11(20)18-9-13-8-16-19(14(13)10-18)17-15(21)7-12-5-3-2-4-6-12/h2-6,8H,7,9-10H2,1H3,(H,17,21). The lowest BCUT2D eigenvalue weighted by molar-refractivity contribution is -0.129. The highest BCUT2D eigenvalue weighted by Crippen LogP contribution is 2.21. The van der Waals surface area contributed by atoms with Crippen LogP contribution in [0.4, 0.5) is 0 Å². The molecule has 3 rings (SSSR count). The molecule has 0 fully saturated rings. The maximum Gasteiger partial charge on any atom is 0.244 e. The zero-order chi connectivity index (χ0) is 14.8. The van der Waals surface area contributed by atoms with E-state index in [0.717, 1.165) is 16.8 Å². The Morgan fingerprint density at radius 1 is 1.24 bits per heavy atom. The monoisotopic (exact) mass is 284 g/mol. The Morgan fingerprint density at radius 2 is 2.00 bits per heavy atom. The summed E-state index contributed by atoms with van der Waals surface area (Å²) in [4.78, 5) is 26.6. The van der Waals surface area contributed by atoms with Crippen molar-refractivity contribution in [3.8, 4) is 0 Å². The first-order valence-electron chi connectivity index (χ1n) is 6.78. The lowest BCUT2D eigenvalue weighted by atomic mass is 10.1. The fourth-order valence-corrected chi connectivity index (χ4v) is 2.41. The molecule has 1 aliphatic rings. The molecular formula is C15H16N4O2. The first kappa shape index (κ1) is 13.4. The molecule has 0 aliphatic carbocycles. The third kappa shape index (κ3) is 2.79. The summed E-state index contributed by atoms with van der Waals surface area (Å²) in [6.45, 7) is 2.58. The van der Waals surface area contributed by atoms with Crippen LogP contribution in [-0.2, 0) is 29.1 Å². The van der Waals surface area contributed by atoms with Crippen LogP contribution in [0.15, 0.2) is 36.5 Å². The molecule has 6 nitrogen and oxygen atoms in total. The van der Waals surface area contributed by atoms with Crippen molar-refractivity contribution in [3.63, 3.8) is 0 Å². The molecule has 21 heavy (non-hydrogen) atoms. The number of hydrogen-bond donors (Lipinski definition) is 1. The van der Waals surface area contributed by atoms with Gasteiger partial charge in [0.1, 0.15) is 0 Å². The van der Waals surface area contributed by atoms with E-state index in [0.29, 0.717) is 19.5 Å². The number of amides is 2. The third-order valence-electron chi connectivity index (χ3n) is 3.54. The molecule has 1 aromatic heterocycles. The summed E-state index contributed by atoms with van der Waals surface area (Å²) < 4.78 is 0. The van der Waals surface area contributed by atoms with Crippen molar-refractivity contribution in [2.24, 2.45) is 0 Å². The van der Waals surface area contributed by atoms with Gasteiger partial charge in [-0.2, -0.15) is 9.89 Å². The van der Waals surface area contributed by atoms with Gasteiger partial charge in [-0.3, -0.25) is 9.59 Å². The van der Waals surface area contributed by atoms with Crippen LogP contribution < -0.4 is 5.43 Å². The molecule has 2 aromatic rings. The minimum atomic E-state index is -0.131. The summed E-state index contributed by atoms with van der Waals surface area (Å²) in [5.74, 6) is -0.110. The first-order chi connectivity index (χ1) is 10.1. The molecule has 0 spiro atoms. The van der Waals surface area contributed by atoms with Gasteiger partial charge in [-0.25, -0.2) is 5.43 Å². The van der Waals surface area contributed by atoms with Gasteiger partial charge >= 0.3 is 0 Å². The minimum absolute atomic E-state index is 0.0216. The molecule has 1 N–H and O–H groups in total. The molecule has 1 aliphatic heterocycles. The van der Waals surface area contributed by atoms with Crippen molar-refractivity contribution in [2.75, 3.05) is 5.43 Å². The number of carbonyl (C=O) groups excluding carboxylic acids is 2. The van der Waals surface area contributed by atoms with E-state index in [9.17, 15) is 9.59 Å². The van der Waals surface area contributed by atoms with Crippen LogP contribution in [-0.4, -0.2) is 26.6 Å². The molecule has 6 heteroatoms. The van der Waals surface area contributed by atoms with Crippen LogP contribution >= 0.6 is 0 Å². The maximum atomic E-state index is 12.0. The molecule has 0 bridgehead atoms. The second kappa shape index (κ2) is 5.40. The fourth-order valence-electron chi connectivity index (χ4n) is 2.41. The lowest BCUT2D eigenvalue weighted by Gasteiger charge is -2.13. The van der Waals surface area contributed by atoms with E-state index in [-0.39, 0.29) is 11.8 Å². The molecule has 0 radical (unpaired) electrons. The highest BCUT2D eigenvalue weighted by Gasteiger charge is 2.25. The molecule has 1 aromatic carbocycles. The molecule has 0 saturated carbocycles. The van der Waals surface area contributed by atoms with Gasteiger partial charge in [0.15, 0.2) is 0 Å².